The number of carbonyl (C=O) groups is 1. The number of aromatic nitrogens is 2. The van der Waals surface area contributed by atoms with E-state index in [-0.39, 0.29) is 6.42 Å². The Hall–Kier alpha value is -3.09. The average Bonchev–Trinajstić information content (AvgIpc) is 3.09. The van der Waals surface area contributed by atoms with Crippen molar-refractivity contribution in [2.75, 3.05) is 5.32 Å². The summed E-state index contributed by atoms with van der Waals surface area (Å²) in [5.74, 6) is -0.396. The highest BCUT2D eigenvalue weighted by atomic mass is 19.4. The van der Waals surface area contributed by atoms with E-state index in [0.717, 1.165) is 17.8 Å². The number of halogens is 3. The molecule has 0 unspecified atom stereocenters. The Kier molecular flexibility index (Phi) is 4.56. The number of hydrogen-bond acceptors (Lipinski definition) is 2. The summed E-state index contributed by atoms with van der Waals surface area (Å²) in [7, 11) is 0. The molecule has 1 heterocycles. The molecule has 0 saturated heterocycles. The van der Waals surface area contributed by atoms with Crippen molar-refractivity contribution in [3.63, 3.8) is 0 Å². The van der Waals surface area contributed by atoms with E-state index >= 15 is 0 Å². The van der Waals surface area contributed by atoms with Crippen LogP contribution in [0.2, 0.25) is 0 Å². The van der Waals surface area contributed by atoms with Gasteiger partial charge in [-0.1, -0.05) is 30.3 Å². The molecule has 0 atom stereocenters. The zero-order valence-electron chi connectivity index (χ0n) is 13.0. The van der Waals surface area contributed by atoms with Crippen molar-refractivity contribution in [1.29, 1.82) is 0 Å². The number of para-hydroxylation sites is 2. The lowest BCUT2D eigenvalue weighted by molar-refractivity contribution is -0.137. The van der Waals surface area contributed by atoms with E-state index in [1.807, 2.05) is 12.1 Å². The fourth-order valence-electron chi connectivity index (χ4n) is 2.44. The van der Waals surface area contributed by atoms with Crippen LogP contribution in [-0.4, -0.2) is 15.5 Å². The van der Waals surface area contributed by atoms with Gasteiger partial charge < -0.3 is 9.88 Å². The third-order valence-corrected chi connectivity index (χ3v) is 3.58. The van der Waals surface area contributed by atoms with Gasteiger partial charge in [0.15, 0.2) is 0 Å². The predicted molar refractivity (Wildman–Crippen MR) is 87.3 cm³/mol. The maximum Gasteiger partial charge on any atom is 0.416 e. The molecule has 0 bridgehead atoms. The molecular formula is C18H14F3N3O. The third-order valence-electron chi connectivity index (χ3n) is 3.58. The first kappa shape index (κ1) is 16.8. The number of imidazole rings is 1. The number of amides is 1. The molecule has 1 amide bonds. The molecule has 3 rings (SSSR count). The Morgan fingerprint density at radius 3 is 2.64 bits per heavy atom. The summed E-state index contributed by atoms with van der Waals surface area (Å²) in [6, 6.07) is 11.9. The van der Waals surface area contributed by atoms with Gasteiger partial charge in [-0.2, -0.15) is 13.2 Å². The van der Waals surface area contributed by atoms with Crippen molar-refractivity contribution in [2.24, 2.45) is 0 Å². The molecule has 25 heavy (non-hydrogen) atoms. The van der Waals surface area contributed by atoms with E-state index in [1.165, 1.54) is 12.1 Å². The number of carbonyl (C=O) groups excluding carboxylic acids is 1. The molecule has 3 aromatic rings. The standard InChI is InChI=1S/C18H14F3N3O/c19-18(20,21)14-5-3-4-13(10-14)11-17(25)23-15-6-1-2-7-16(15)24-9-8-22-12-24/h1-10,12H,11H2,(H,23,25). The van der Waals surface area contributed by atoms with Crippen molar-refractivity contribution in [2.45, 2.75) is 12.6 Å². The molecule has 0 fully saturated rings. The molecule has 2 aromatic carbocycles. The molecule has 128 valence electrons. The van der Waals surface area contributed by atoms with Crippen LogP contribution in [0, 0.1) is 0 Å². The van der Waals surface area contributed by atoms with E-state index in [0.29, 0.717) is 11.3 Å². The minimum atomic E-state index is -4.43. The minimum absolute atomic E-state index is 0.151. The summed E-state index contributed by atoms with van der Waals surface area (Å²) in [6.45, 7) is 0. The molecule has 0 radical (unpaired) electrons. The van der Waals surface area contributed by atoms with Crippen LogP contribution in [-0.2, 0) is 17.4 Å². The molecule has 0 spiro atoms. The maximum atomic E-state index is 12.8. The van der Waals surface area contributed by atoms with Crippen LogP contribution >= 0.6 is 0 Å². The monoisotopic (exact) mass is 345 g/mol. The second kappa shape index (κ2) is 6.80. The van der Waals surface area contributed by atoms with E-state index in [1.54, 1.807) is 35.4 Å². The molecule has 0 aliphatic rings. The van der Waals surface area contributed by atoms with Crippen LogP contribution in [0.25, 0.3) is 5.69 Å². The topological polar surface area (TPSA) is 46.9 Å². The summed E-state index contributed by atoms with van der Waals surface area (Å²) < 4.78 is 40.0. The van der Waals surface area contributed by atoms with Gasteiger partial charge in [-0.25, -0.2) is 4.98 Å². The van der Waals surface area contributed by atoms with Crippen molar-refractivity contribution in [3.8, 4) is 5.69 Å². The van der Waals surface area contributed by atoms with Crippen LogP contribution in [0.4, 0.5) is 18.9 Å². The van der Waals surface area contributed by atoms with Gasteiger partial charge in [-0.3, -0.25) is 4.79 Å². The number of nitrogens with one attached hydrogen (secondary N) is 1. The first-order valence-electron chi connectivity index (χ1n) is 7.47. The van der Waals surface area contributed by atoms with Crippen LogP contribution in [0.5, 0.6) is 0 Å². The van der Waals surface area contributed by atoms with Gasteiger partial charge in [-0.15, -0.1) is 0 Å². The highest BCUT2D eigenvalue weighted by Crippen LogP contribution is 2.29. The van der Waals surface area contributed by atoms with Crippen LogP contribution in [0.1, 0.15) is 11.1 Å². The molecular weight excluding hydrogens is 331 g/mol. The third kappa shape index (κ3) is 4.06. The second-order valence-electron chi connectivity index (χ2n) is 5.41. The number of anilines is 1. The van der Waals surface area contributed by atoms with Crippen molar-refractivity contribution in [1.82, 2.24) is 9.55 Å². The smallest absolute Gasteiger partial charge is 0.324 e. The second-order valence-corrected chi connectivity index (χ2v) is 5.41. The van der Waals surface area contributed by atoms with E-state index < -0.39 is 17.6 Å². The Morgan fingerprint density at radius 2 is 1.92 bits per heavy atom. The molecule has 0 saturated carbocycles. The van der Waals surface area contributed by atoms with Gasteiger partial charge in [0.1, 0.15) is 0 Å². The van der Waals surface area contributed by atoms with Crippen molar-refractivity contribution >= 4 is 11.6 Å². The van der Waals surface area contributed by atoms with Gasteiger partial charge in [0.05, 0.1) is 29.7 Å². The number of nitrogens with zero attached hydrogens (tertiary/aromatic N) is 2. The first-order valence-corrected chi connectivity index (χ1v) is 7.47. The number of hydrogen-bond donors (Lipinski definition) is 1. The molecule has 0 aliphatic carbocycles. The molecule has 7 heteroatoms. The Morgan fingerprint density at radius 1 is 1.12 bits per heavy atom. The number of alkyl halides is 3. The number of benzene rings is 2. The Bertz CT molecular complexity index is 873. The van der Waals surface area contributed by atoms with Gasteiger partial charge in [0.25, 0.3) is 0 Å². The number of rotatable bonds is 4. The largest absolute Gasteiger partial charge is 0.416 e. The Labute approximate surface area is 141 Å². The van der Waals surface area contributed by atoms with E-state index in [9.17, 15) is 18.0 Å². The van der Waals surface area contributed by atoms with Crippen LogP contribution in [0.3, 0.4) is 0 Å². The molecule has 1 N–H and O–H groups in total. The van der Waals surface area contributed by atoms with Crippen molar-refractivity contribution in [3.05, 3.63) is 78.4 Å². The minimum Gasteiger partial charge on any atom is -0.324 e. The summed E-state index contributed by atoms with van der Waals surface area (Å²) in [5.41, 5.74) is 0.805. The van der Waals surface area contributed by atoms with Crippen LogP contribution in [0.15, 0.2) is 67.3 Å². The van der Waals surface area contributed by atoms with E-state index in [2.05, 4.69) is 10.3 Å². The summed E-state index contributed by atoms with van der Waals surface area (Å²) in [6.07, 6.45) is 0.361. The zero-order valence-corrected chi connectivity index (χ0v) is 13.0. The van der Waals surface area contributed by atoms with Gasteiger partial charge >= 0.3 is 6.18 Å². The van der Waals surface area contributed by atoms with E-state index in [4.69, 9.17) is 0 Å². The lowest BCUT2D eigenvalue weighted by Crippen LogP contribution is -2.16. The lowest BCUT2D eigenvalue weighted by atomic mass is 10.1. The van der Waals surface area contributed by atoms with Gasteiger partial charge in [0.2, 0.25) is 5.91 Å². The van der Waals surface area contributed by atoms with Crippen LogP contribution < -0.4 is 5.32 Å². The highest BCUT2D eigenvalue weighted by molar-refractivity contribution is 5.94. The maximum absolute atomic E-state index is 12.8. The molecule has 0 aliphatic heterocycles. The molecule has 4 nitrogen and oxygen atoms in total. The predicted octanol–water partition coefficient (Wildman–Crippen LogP) is 4.07. The highest BCUT2D eigenvalue weighted by Gasteiger charge is 2.30. The van der Waals surface area contributed by atoms with Crippen molar-refractivity contribution < 1.29 is 18.0 Å². The SMILES string of the molecule is O=C(Cc1cccc(C(F)(F)F)c1)Nc1ccccc1-n1ccnc1. The summed E-state index contributed by atoms with van der Waals surface area (Å²) in [5, 5.41) is 2.74. The van der Waals surface area contributed by atoms with Gasteiger partial charge in [0, 0.05) is 12.4 Å². The fraction of sp³-hybridized carbons (Fsp3) is 0.111. The first-order chi connectivity index (χ1) is 11.9. The lowest BCUT2D eigenvalue weighted by Gasteiger charge is -2.12. The molecule has 1 aromatic heterocycles. The average molecular weight is 345 g/mol. The fourth-order valence-corrected chi connectivity index (χ4v) is 2.44. The zero-order chi connectivity index (χ0) is 17.9. The van der Waals surface area contributed by atoms with Gasteiger partial charge in [-0.05, 0) is 23.8 Å². The quantitative estimate of drug-likeness (QED) is 0.775. The normalized spacial score (nSPS) is 11.3. The Balaban J connectivity index is 1.76. The summed E-state index contributed by atoms with van der Waals surface area (Å²) in [4.78, 5) is 16.2. The summed E-state index contributed by atoms with van der Waals surface area (Å²) >= 11 is 0.